The van der Waals surface area contributed by atoms with Crippen LogP contribution in [0.25, 0.3) is 0 Å². The molecule has 0 saturated carbocycles. The Labute approximate surface area is 174 Å². The van der Waals surface area contributed by atoms with Crippen LogP contribution in [0.5, 0.6) is 0 Å². The second kappa shape index (κ2) is 11.4. The molecule has 0 radical (unpaired) electrons. The molecule has 1 heterocycles. The highest BCUT2D eigenvalue weighted by Crippen LogP contribution is 2.22. The number of aliphatic carboxylic acids is 1. The fourth-order valence-corrected chi connectivity index (χ4v) is 3.70. The lowest BCUT2D eigenvalue weighted by Crippen LogP contribution is -2.07. The molecule has 0 atom stereocenters. The van der Waals surface area contributed by atoms with Crippen LogP contribution < -0.4 is 5.32 Å². The number of carbonyl (C=O) groups is 2. The molecule has 29 heavy (non-hydrogen) atoms. The van der Waals surface area contributed by atoms with Crippen LogP contribution in [0.2, 0.25) is 0 Å². The Morgan fingerprint density at radius 2 is 1.86 bits per heavy atom. The van der Waals surface area contributed by atoms with Crippen molar-refractivity contribution in [3.63, 3.8) is 0 Å². The number of rotatable bonds is 13. The number of hydrogen-bond donors (Lipinski definition) is 2. The first-order chi connectivity index (χ1) is 14.0. The van der Waals surface area contributed by atoms with Crippen molar-refractivity contribution in [1.29, 1.82) is 0 Å². The van der Waals surface area contributed by atoms with Gasteiger partial charge in [0.1, 0.15) is 0 Å². The van der Waals surface area contributed by atoms with E-state index in [0.717, 1.165) is 42.0 Å². The first kappa shape index (κ1) is 22.7. The maximum Gasteiger partial charge on any atom is 0.303 e. The molecule has 5 nitrogen and oxygen atoms in total. The minimum atomic E-state index is -0.787. The normalized spacial score (nSPS) is 10.9. The molecule has 2 rings (SSSR count). The van der Waals surface area contributed by atoms with E-state index in [1.807, 2.05) is 48.9 Å². The minimum absolute atomic E-state index is 0.0246. The van der Waals surface area contributed by atoms with Gasteiger partial charge in [-0.25, -0.2) is 0 Å². The summed E-state index contributed by atoms with van der Waals surface area (Å²) in [7, 11) is 1.96. The molecule has 1 aromatic carbocycles. The van der Waals surface area contributed by atoms with Crippen molar-refractivity contribution in [2.24, 2.45) is 7.05 Å². The summed E-state index contributed by atoms with van der Waals surface area (Å²) >= 11 is 0. The summed E-state index contributed by atoms with van der Waals surface area (Å²) in [6, 6.07) is 9.65. The van der Waals surface area contributed by atoms with Crippen LogP contribution >= 0.6 is 0 Å². The highest BCUT2D eigenvalue weighted by atomic mass is 16.4. The van der Waals surface area contributed by atoms with E-state index in [2.05, 4.69) is 12.2 Å². The number of carboxylic acids is 1. The zero-order valence-corrected chi connectivity index (χ0v) is 18.0. The number of aryl methyl sites for hydroxylation is 1. The number of ketones is 1. The third-order valence-corrected chi connectivity index (χ3v) is 5.34. The monoisotopic (exact) mass is 398 g/mol. The molecular formula is C24H34N2O3. The highest BCUT2D eigenvalue weighted by molar-refractivity contribution is 6.10. The topological polar surface area (TPSA) is 71.3 Å². The van der Waals surface area contributed by atoms with Crippen molar-refractivity contribution in [2.75, 3.05) is 11.9 Å². The van der Waals surface area contributed by atoms with Crippen molar-refractivity contribution in [3.05, 3.63) is 52.8 Å². The van der Waals surface area contributed by atoms with Gasteiger partial charge in [-0.15, -0.1) is 0 Å². The van der Waals surface area contributed by atoms with Crippen LogP contribution in [0.15, 0.2) is 30.3 Å². The van der Waals surface area contributed by atoms with Crippen LogP contribution in [-0.4, -0.2) is 28.0 Å². The van der Waals surface area contributed by atoms with Gasteiger partial charge in [-0.05, 0) is 43.9 Å². The van der Waals surface area contributed by atoms with Gasteiger partial charge in [-0.3, -0.25) is 9.59 Å². The molecule has 0 saturated heterocycles. The van der Waals surface area contributed by atoms with Crippen LogP contribution in [0.3, 0.4) is 0 Å². The molecule has 158 valence electrons. The molecule has 2 N–H and O–H groups in total. The zero-order valence-electron chi connectivity index (χ0n) is 18.0. The number of nitrogens with zero attached hydrogens (tertiary/aromatic N) is 1. The van der Waals surface area contributed by atoms with Crippen LogP contribution in [-0.2, 0) is 24.7 Å². The van der Waals surface area contributed by atoms with E-state index in [4.69, 9.17) is 5.11 Å². The Morgan fingerprint density at radius 3 is 2.55 bits per heavy atom. The quantitative estimate of drug-likeness (QED) is 0.358. The van der Waals surface area contributed by atoms with Gasteiger partial charge < -0.3 is 15.0 Å². The second-order valence-corrected chi connectivity index (χ2v) is 7.55. The standard InChI is InChI=1S/C24H34N2O3/c1-4-6-7-8-15-25-19-12-9-11-18(16-19)24(29)21-17-20(13-10-14-23(27)28)26(3)22(21)5-2/h9,11-12,16-17,25H,4-8,10,13-15H2,1-3H3,(H,27,28). The minimum Gasteiger partial charge on any atom is -0.481 e. The molecule has 0 fully saturated rings. The molecule has 0 unspecified atom stereocenters. The number of nitrogens with one attached hydrogen (secondary N) is 1. The number of anilines is 1. The molecule has 0 spiro atoms. The van der Waals surface area contributed by atoms with Crippen LogP contribution in [0.4, 0.5) is 5.69 Å². The van der Waals surface area contributed by atoms with E-state index in [-0.39, 0.29) is 12.2 Å². The summed E-state index contributed by atoms with van der Waals surface area (Å²) in [6.45, 7) is 5.16. The number of aromatic nitrogens is 1. The van der Waals surface area contributed by atoms with Gasteiger partial charge in [0.15, 0.2) is 5.78 Å². The smallest absolute Gasteiger partial charge is 0.303 e. The summed E-state index contributed by atoms with van der Waals surface area (Å²) in [4.78, 5) is 24.0. The van der Waals surface area contributed by atoms with Gasteiger partial charge in [0.05, 0.1) is 0 Å². The Bertz CT molecular complexity index is 824. The number of carbonyl (C=O) groups excluding carboxylic acids is 1. The van der Waals surface area contributed by atoms with E-state index >= 15 is 0 Å². The van der Waals surface area contributed by atoms with E-state index in [0.29, 0.717) is 18.4 Å². The maximum absolute atomic E-state index is 13.2. The molecule has 0 aliphatic carbocycles. The molecule has 1 aromatic heterocycles. The predicted molar refractivity (Wildman–Crippen MR) is 118 cm³/mol. The van der Waals surface area contributed by atoms with Gasteiger partial charge in [0.2, 0.25) is 0 Å². The number of hydrogen-bond acceptors (Lipinski definition) is 3. The van der Waals surface area contributed by atoms with Crippen LogP contribution in [0.1, 0.15) is 79.7 Å². The summed E-state index contributed by atoms with van der Waals surface area (Å²) in [5, 5.41) is 12.3. The Balaban J connectivity index is 2.12. The lowest BCUT2D eigenvalue weighted by atomic mass is 10.0. The fraction of sp³-hybridized carbons (Fsp3) is 0.500. The summed E-state index contributed by atoms with van der Waals surface area (Å²) in [6.07, 6.45) is 6.95. The summed E-state index contributed by atoms with van der Waals surface area (Å²) in [5.41, 5.74) is 4.39. The van der Waals surface area contributed by atoms with Crippen molar-refractivity contribution in [2.45, 2.75) is 65.2 Å². The Hall–Kier alpha value is -2.56. The molecule has 0 amide bonds. The van der Waals surface area contributed by atoms with Crippen molar-refractivity contribution in [3.8, 4) is 0 Å². The maximum atomic E-state index is 13.2. The SMILES string of the molecule is CCCCCCNc1cccc(C(=O)c2cc(CCCC(=O)O)n(C)c2CC)c1. The average molecular weight is 399 g/mol. The summed E-state index contributed by atoms with van der Waals surface area (Å²) < 4.78 is 2.05. The highest BCUT2D eigenvalue weighted by Gasteiger charge is 2.19. The van der Waals surface area contributed by atoms with Gasteiger partial charge in [0.25, 0.3) is 0 Å². The predicted octanol–water partition coefficient (Wildman–Crippen LogP) is 5.22. The molecular weight excluding hydrogens is 364 g/mol. The van der Waals surface area contributed by atoms with Crippen molar-refractivity contribution in [1.82, 2.24) is 4.57 Å². The van der Waals surface area contributed by atoms with Gasteiger partial charge in [0, 0.05) is 48.2 Å². The number of carboxylic acid groups (broad SMARTS) is 1. The number of unbranched alkanes of at least 4 members (excludes halogenated alkanes) is 3. The van der Waals surface area contributed by atoms with Crippen molar-refractivity contribution < 1.29 is 14.7 Å². The second-order valence-electron chi connectivity index (χ2n) is 7.55. The molecule has 0 aliphatic rings. The molecule has 0 aliphatic heterocycles. The van der Waals surface area contributed by atoms with E-state index in [9.17, 15) is 9.59 Å². The molecule has 5 heteroatoms. The third-order valence-electron chi connectivity index (χ3n) is 5.34. The lowest BCUT2D eigenvalue weighted by Gasteiger charge is -2.09. The van der Waals surface area contributed by atoms with E-state index in [1.54, 1.807) is 0 Å². The lowest BCUT2D eigenvalue weighted by molar-refractivity contribution is -0.137. The Morgan fingerprint density at radius 1 is 1.07 bits per heavy atom. The van der Waals surface area contributed by atoms with E-state index in [1.165, 1.54) is 19.3 Å². The fourth-order valence-electron chi connectivity index (χ4n) is 3.70. The average Bonchev–Trinajstić information content (AvgIpc) is 3.02. The van der Waals surface area contributed by atoms with E-state index < -0.39 is 5.97 Å². The van der Waals surface area contributed by atoms with Gasteiger partial charge >= 0.3 is 5.97 Å². The van der Waals surface area contributed by atoms with Crippen molar-refractivity contribution >= 4 is 17.4 Å². The zero-order chi connectivity index (χ0) is 21.2. The third kappa shape index (κ3) is 6.48. The van der Waals surface area contributed by atoms with Gasteiger partial charge in [-0.2, -0.15) is 0 Å². The van der Waals surface area contributed by atoms with Gasteiger partial charge in [-0.1, -0.05) is 45.2 Å². The largest absolute Gasteiger partial charge is 0.481 e. The first-order valence-corrected chi connectivity index (χ1v) is 10.8. The number of benzene rings is 1. The Kier molecular flexibility index (Phi) is 8.97. The first-order valence-electron chi connectivity index (χ1n) is 10.8. The summed E-state index contributed by atoms with van der Waals surface area (Å²) in [5.74, 6) is -0.762. The van der Waals surface area contributed by atoms with Crippen LogP contribution in [0, 0.1) is 0 Å². The molecule has 0 bridgehead atoms. The molecule has 2 aromatic rings.